The van der Waals surface area contributed by atoms with Crippen LogP contribution in [0.5, 0.6) is 0 Å². The Morgan fingerprint density at radius 2 is 2.46 bits per heavy atom. The highest BCUT2D eigenvalue weighted by Gasteiger charge is 2.25. The van der Waals surface area contributed by atoms with Crippen LogP contribution in [0.3, 0.4) is 0 Å². The third-order valence-electron chi connectivity index (χ3n) is 2.81. The smallest absolute Gasteiger partial charge is 0.138 e. The molecule has 0 saturated heterocycles. The van der Waals surface area contributed by atoms with E-state index >= 15 is 0 Å². The van der Waals surface area contributed by atoms with Crippen molar-refractivity contribution in [3.63, 3.8) is 0 Å². The number of carbonyl (C=O) groups is 1. The van der Waals surface area contributed by atoms with Crippen molar-refractivity contribution < 1.29 is 4.79 Å². The molecule has 1 aliphatic heterocycles. The van der Waals surface area contributed by atoms with Crippen molar-refractivity contribution in [2.24, 2.45) is 0 Å². The molecule has 0 radical (unpaired) electrons. The zero-order chi connectivity index (χ0) is 9.42. The number of hydrogen-bond acceptors (Lipinski definition) is 2. The molecule has 1 aliphatic rings. The molecule has 0 aliphatic carbocycles. The Balaban J connectivity index is 2.43. The van der Waals surface area contributed by atoms with Crippen molar-refractivity contribution in [2.75, 3.05) is 0 Å². The molecule has 2 heterocycles. The molecule has 0 amide bonds. The Hall–Kier alpha value is -1.12. The van der Waals surface area contributed by atoms with E-state index in [1.165, 1.54) is 0 Å². The van der Waals surface area contributed by atoms with Crippen LogP contribution in [0.4, 0.5) is 0 Å². The molecule has 0 bridgehead atoms. The van der Waals surface area contributed by atoms with E-state index in [2.05, 4.69) is 9.55 Å². The number of hydrogen-bond donors (Lipinski definition) is 0. The number of carbonyl (C=O) groups excluding carboxylic acids is 1. The maximum atomic E-state index is 11.3. The average Bonchev–Trinajstić information content (AvgIpc) is 2.48. The standard InChI is InChI=1S/C10H14N2O/c1-7(13)9-4-3-5-12-8(2)11-6-10(9)12/h6,9H,3-5H2,1-2H3. The molecule has 1 atom stereocenters. The van der Waals surface area contributed by atoms with Gasteiger partial charge in [0, 0.05) is 18.4 Å². The van der Waals surface area contributed by atoms with Gasteiger partial charge in [-0.25, -0.2) is 4.98 Å². The van der Waals surface area contributed by atoms with Crippen LogP contribution < -0.4 is 0 Å². The Kier molecular flexibility index (Phi) is 1.94. The maximum absolute atomic E-state index is 11.3. The Labute approximate surface area is 77.8 Å². The van der Waals surface area contributed by atoms with Gasteiger partial charge in [0.1, 0.15) is 11.6 Å². The van der Waals surface area contributed by atoms with Gasteiger partial charge in [-0.05, 0) is 26.7 Å². The molecule has 1 aromatic heterocycles. The number of fused-ring (bicyclic) bond motifs is 1. The van der Waals surface area contributed by atoms with Gasteiger partial charge >= 0.3 is 0 Å². The lowest BCUT2D eigenvalue weighted by molar-refractivity contribution is -0.118. The van der Waals surface area contributed by atoms with Crippen molar-refractivity contribution in [1.29, 1.82) is 0 Å². The molecule has 0 spiro atoms. The highest BCUT2D eigenvalue weighted by atomic mass is 16.1. The first-order valence-electron chi connectivity index (χ1n) is 4.72. The first-order chi connectivity index (χ1) is 6.20. The first kappa shape index (κ1) is 8.48. The Bertz CT molecular complexity index is 341. The lowest BCUT2D eigenvalue weighted by Crippen LogP contribution is -2.20. The van der Waals surface area contributed by atoms with Gasteiger partial charge in [0.15, 0.2) is 0 Å². The van der Waals surface area contributed by atoms with E-state index in [0.717, 1.165) is 30.9 Å². The SMILES string of the molecule is CC(=O)C1CCCn2c1cnc2C. The summed E-state index contributed by atoms with van der Waals surface area (Å²) in [6, 6.07) is 0. The second-order valence-electron chi connectivity index (χ2n) is 3.69. The van der Waals surface area contributed by atoms with Crippen LogP contribution >= 0.6 is 0 Å². The van der Waals surface area contributed by atoms with Gasteiger partial charge < -0.3 is 4.57 Å². The van der Waals surface area contributed by atoms with Gasteiger partial charge in [0.25, 0.3) is 0 Å². The monoisotopic (exact) mass is 178 g/mol. The van der Waals surface area contributed by atoms with E-state index in [9.17, 15) is 4.79 Å². The summed E-state index contributed by atoms with van der Waals surface area (Å²) < 4.78 is 2.16. The molecule has 2 rings (SSSR count). The molecular weight excluding hydrogens is 164 g/mol. The molecule has 1 aromatic rings. The second-order valence-corrected chi connectivity index (χ2v) is 3.69. The van der Waals surface area contributed by atoms with Gasteiger partial charge in [-0.1, -0.05) is 0 Å². The lowest BCUT2D eigenvalue weighted by atomic mass is 9.93. The first-order valence-corrected chi connectivity index (χ1v) is 4.72. The van der Waals surface area contributed by atoms with Crippen LogP contribution in [-0.2, 0) is 11.3 Å². The minimum atomic E-state index is 0.0925. The minimum absolute atomic E-state index is 0.0925. The molecule has 3 nitrogen and oxygen atoms in total. The molecule has 0 aromatic carbocycles. The molecule has 13 heavy (non-hydrogen) atoms. The summed E-state index contributed by atoms with van der Waals surface area (Å²) in [5, 5.41) is 0. The summed E-state index contributed by atoms with van der Waals surface area (Å²) >= 11 is 0. The van der Waals surface area contributed by atoms with Crippen molar-refractivity contribution in [3.8, 4) is 0 Å². The maximum Gasteiger partial charge on any atom is 0.138 e. The predicted octanol–water partition coefficient (Wildman–Crippen LogP) is 1.66. The van der Waals surface area contributed by atoms with Crippen LogP contribution in [0.15, 0.2) is 6.20 Å². The van der Waals surface area contributed by atoms with Crippen molar-refractivity contribution >= 4 is 5.78 Å². The van der Waals surface area contributed by atoms with Gasteiger partial charge in [-0.3, -0.25) is 4.79 Å². The molecule has 0 saturated carbocycles. The summed E-state index contributed by atoms with van der Waals surface area (Å²) in [7, 11) is 0. The summed E-state index contributed by atoms with van der Waals surface area (Å²) in [6.45, 7) is 4.68. The van der Waals surface area contributed by atoms with Gasteiger partial charge in [-0.2, -0.15) is 0 Å². The van der Waals surface area contributed by atoms with Crippen molar-refractivity contribution in [1.82, 2.24) is 9.55 Å². The highest BCUT2D eigenvalue weighted by molar-refractivity contribution is 5.83. The Morgan fingerprint density at radius 3 is 3.15 bits per heavy atom. The summed E-state index contributed by atoms with van der Waals surface area (Å²) in [6.07, 6.45) is 3.93. The largest absolute Gasteiger partial charge is 0.332 e. The van der Waals surface area contributed by atoms with E-state index in [1.807, 2.05) is 13.1 Å². The molecule has 0 N–H and O–H groups in total. The van der Waals surface area contributed by atoms with Gasteiger partial charge in [0.05, 0.1) is 5.92 Å². The molecule has 0 fully saturated rings. The molecular formula is C10H14N2O. The zero-order valence-electron chi connectivity index (χ0n) is 8.08. The van der Waals surface area contributed by atoms with E-state index < -0.39 is 0 Å². The number of Topliss-reactive ketones (excluding diaryl/α,β-unsaturated/α-hetero) is 1. The Morgan fingerprint density at radius 1 is 1.69 bits per heavy atom. The topological polar surface area (TPSA) is 34.9 Å². The molecule has 3 heteroatoms. The normalized spacial score (nSPS) is 21.2. The van der Waals surface area contributed by atoms with Crippen LogP contribution in [0.25, 0.3) is 0 Å². The number of nitrogens with zero attached hydrogens (tertiary/aromatic N) is 2. The fourth-order valence-corrected chi connectivity index (χ4v) is 2.07. The number of aryl methyl sites for hydroxylation is 1. The number of rotatable bonds is 1. The molecule has 70 valence electrons. The summed E-state index contributed by atoms with van der Waals surface area (Å²) in [5.41, 5.74) is 1.11. The number of imidazole rings is 1. The van der Waals surface area contributed by atoms with Gasteiger partial charge in [0.2, 0.25) is 0 Å². The summed E-state index contributed by atoms with van der Waals surface area (Å²) in [4.78, 5) is 15.6. The highest BCUT2D eigenvalue weighted by Crippen LogP contribution is 2.28. The van der Waals surface area contributed by atoms with Gasteiger partial charge in [-0.15, -0.1) is 0 Å². The van der Waals surface area contributed by atoms with Crippen LogP contribution in [0, 0.1) is 6.92 Å². The van der Waals surface area contributed by atoms with Crippen LogP contribution in [-0.4, -0.2) is 15.3 Å². The zero-order valence-corrected chi connectivity index (χ0v) is 8.08. The van der Waals surface area contributed by atoms with Crippen molar-refractivity contribution in [3.05, 3.63) is 17.7 Å². The minimum Gasteiger partial charge on any atom is -0.332 e. The van der Waals surface area contributed by atoms with E-state index in [-0.39, 0.29) is 11.7 Å². The third-order valence-corrected chi connectivity index (χ3v) is 2.81. The third kappa shape index (κ3) is 1.28. The summed E-state index contributed by atoms with van der Waals surface area (Å²) in [5.74, 6) is 1.39. The van der Waals surface area contributed by atoms with Crippen LogP contribution in [0.2, 0.25) is 0 Å². The fraction of sp³-hybridized carbons (Fsp3) is 0.600. The lowest BCUT2D eigenvalue weighted by Gasteiger charge is -2.22. The average molecular weight is 178 g/mol. The van der Waals surface area contributed by atoms with Crippen LogP contribution in [0.1, 0.15) is 37.2 Å². The van der Waals surface area contributed by atoms with E-state index in [4.69, 9.17) is 0 Å². The predicted molar refractivity (Wildman–Crippen MR) is 49.6 cm³/mol. The fourth-order valence-electron chi connectivity index (χ4n) is 2.07. The quantitative estimate of drug-likeness (QED) is 0.655. The van der Waals surface area contributed by atoms with E-state index in [1.54, 1.807) is 6.92 Å². The molecule has 1 unspecified atom stereocenters. The second kappa shape index (κ2) is 2.98. The van der Waals surface area contributed by atoms with Crippen molar-refractivity contribution in [2.45, 2.75) is 39.2 Å². The van der Waals surface area contributed by atoms with E-state index in [0.29, 0.717) is 0 Å². The number of ketones is 1. The number of aromatic nitrogens is 2.